The number of aromatic amines is 1. The molecule has 8 nitrogen and oxygen atoms in total. The van der Waals surface area contributed by atoms with E-state index >= 15 is 0 Å². The van der Waals surface area contributed by atoms with Gasteiger partial charge in [0.25, 0.3) is 5.91 Å². The van der Waals surface area contributed by atoms with E-state index in [1.165, 1.54) is 14.1 Å². The van der Waals surface area contributed by atoms with E-state index in [-0.39, 0.29) is 11.7 Å². The molecule has 5 rings (SSSR count). The van der Waals surface area contributed by atoms with E-state index in [2.05, 4.69) is 21.5 Å². The standard InChI is InChI=1S/C31H31N3O5S/c1-34(2)40(36,37)33-31(35)28-5-3-4-25(30(28)26-13-12-24-14-17-32-29(24)20-26)11-10-22-6-8-23(9-7-22)21-39-27-15-18-38-19-16-27/h3-9,12-14,17,20,27,32H,15-16,18-19,21H2,1-2H3,(H,33,35). The third-order valence-corrected chi connectivity index (χ3v) is 8.21. The number of carbonyl (C=O) groups is 1. The lowest BCUT2D eigenvalue weighted by atomic mass is 9.93. The fourth-order valence-electron chi connectivity index (χ4n) is 4.50. The van der Waals surface area contributed by atoms with Crippen molar-refractivity contribution in [3.05, 3.63) is 95.2 Å². The van der Waals surface area contributed by atoms with Crippen molar-refractivity contribution in [2.45, 2.75) is 25.6 Å². The lowest BCUT2D eigenvalue weighted by molar-refractivity contribution is -0.0390. The smallest absolute Gasteiger partial charge is 0.303 e. The number of rotatable bonds is 7. The van der Waals surface area contributed by atoms with Gasteiger partial charge in [-0.2, -0.15) is 12.7 Å². The van der Waals surface area contributed by atoms with Gasteiger partial charge in [-0.05, 0) is 65.8 Å². The van der Waals surface area contributed by atoms with E-state index in [0.29, 0.717) is 17.7 Å². The van der Waals surface area contributed by atoms with E-state index in [0.717, 1.165) is 58.0 Å². The number of hydrogen-bond donors (Lipinski definition) is 2. The summed E-state index contributed by atoms with van der Waals surface area (Å²) in [5.41, 5.74) is 4.89. The van der Waals surface area contributed by atoms with Crippen molar-refractivity contribution in [2.75, 3.05) is 27.3 Å². The number of benzene rings is 3. The number of fused-ring (bicyclic) bond motifs is 1. The van der Waals surface area contributed by atoms with Crippen LogP contribution in [-0.2, 0) is 26.3 Å². The molecule has 3 aromatic carbocycles. The van der Waals surface area contributed by atoms with Gasteiger partial charge in [0.05, 0.1) is 12.7 Å². The Balaban J connectivity index is 1.45. The Kier molecular flexibility index (Phi) is 8.33. The molecule has 1 aliphatic heterocycles. The van der Waals surface area contributed by atoms with E-state index in [1.807, 2.05) is 60.8 Å². The topological polar surface area (TPSA) is 101 Å². The van der Waals surface area contributed by atoms with E-state index in [4.69, 9.17) is 9.47 Å². The molecule has 1 amide bonds. The van der Waals surface area contributed by atoms with E-state index < -0.39 is 16.1 Å². The van der Waals surface area contributed by atoms with Crippen molar-refractivity contribution in [1.29, 1.82) is 0 Å². The van der Waals surface area contributed by atoms with Gasteiger partial charge in [-0.3, -0.25) is 4.79 Å². The molecule has 1 aromatic heterocycles. The van der Waals surface area contributed by atoms with Crippen LogP contribution in [0.2, 0.25) is 0 Å². The highest BCUT2D eigenvalue weighted by Gasteiger charge is 2.22. The first-order valence-electron chi connectivity index (χ1n) is 13.1. The predicted molar refractivity (Wildman–Crippen MR) is 155 cm³/mol. The first-order chi connectivity index (χ1) is 19.3. The minimum Gasteiger partial charge on any atom is -0.381 e. The number of ether oxygens (including phenoxy) is 2. The van der Waals surface area contributed by atoms with Crippen LogP contribution in [0.25, 0.3) is 22.0 Å². The van der Waals surface area contributed by atoms with Crippen LogP contribution in [0.1, 0.15) is 39.9 Å². The van der Waals surface area contributed by atoms with Crippen LogP contribution in [0.5, 0.6) is 0 Å². The zero-order valence-electron chi connectivity index (χ0n) is 22.4. The predicted octanol–water partition coefficient (Wildman–Crippen LogP) is 4.47. The number of aromatic nitrogens is 1. The molecule has 206 valence electrons. The number of nitrogens with zero attached hydrogens (tertiary/aromatic N) is 1. The first kappa shape index (κ1) is 27.6. The second kappa shape index (κ2) is 12.1. The van der Waals surface area contributed by atoms with Gasteiger partial charge in [-0.1, -0.05) is 42.2 Å². The molecule has 0 unspecified atom stereocenters. The molecule has 2 heterocycles. The average molecular weight is 558 g/mol. The maximum Gasteiger partial charge on any atom is 0.303 e. The number of hydrogen-bond acceptors (Lipinski definition) is 5. The van der Waals surface area contributed by atoms with Gasteiger partial charge in [0, 0.05) is 61.3 Å². The highest BCUT2D eigenvalue weighted by atomic mass is 32.2. The lowest BCUT2D eigenvalue weighted by Crippen LogP contribution is -2.39. The molecular weight excluding hydrogens is 526 g/mol. The molecule has 9 heteroatoms. The Bertz CT molecular complexity index is 1680. The van der Waals surface area contributed by atoms with Crippen LogP contribution in [0, 0.1) is 11.8 Å². The van der Waals surface area contributed by atoms with Crippen molar-refractivity contribution in [3.63, 3.8) is 0 Å². The highest BCUT2D eigenvalue weighted by Crippen LogP contribution is 2.30. The Labute approximate surface area is 234 Å². The second-order valence-electron chi connectivity index (χ2n) is 9.80. The third kappa shape index (κ3) is 6.43. The quantitative estimate of drug-likeness (QED) is 0.327. The van der Waals surface area contributed by atoms with Gasteiger partial charge < -0.3 is 14.5 Å². The van der Waals surface area contributed by atoms with Gasteiger partial charge in [0.15, 0.2) is 0 Å². The number of nitrogens with one attached hydrogen (secondary N) is 2. The maximum absolute atomic E-state index is 13.2. The van der Waals surface area contributed by atoms with Crippen molar-refractivity contribution in [1.82, 2.24) is 14.0 Å². The molecule has 0 aliphatic carbocycles. The van der Waals surface area contributed by atoms with Crippen LogP contribution in [-0.4, -0.2) is 57.0 Å². The SMILES string of the molecule is CN(C)S(=O)(=O)NC(=O)c1cccc(C#Cc2ccc(COC3CCOCC3)cc2)c1-c1ccc2cc[nH]c2c1. The van der Waals surface area contributed by atoms with Gasteiger partial charge in [0.2, 0.25) is 0 Å². The van der Waals surface area contributed by atoms with Crippen molar-refractivity contribution in [3.8, 4) is 23.0 Å². The fourth-order valence-corrected chi connectivity index (χ4v) is 5.03. The molecule has 0 spiro atoms. The van der Waals surface area contributed by atoms with Gasteiger partial charge in [0.1, 0.15) is 0 Å². The van der Waals surface area contributed by atoms with Gasteiger partial charge in [-0.15, -0.1) is 0 Å². The highest BCUT2D eigenvalue weighted by molar-refractivity contribution is 7.87. The summed E-state index contributed by atoms with van der Waals surface area (Å²) in [5, 5.41) is 1.02. The molecule has 1 fully saturated rings. The summed E-state index contributed by atoms with van der Waals surface area (Å²) in [6.07, 6.45) is 3.91. The molecular formula is C31H31N3O5S. The largest absolute Gasteiger partial charge is 0.381 e. The first-order valence-corrected chi connectivity index (χ1v) is 14.5. The molecule has 1 aliphatic rings. The second-order valence-corrected chi connectivity index (χ2v) is 11.7. The van der Waals surface area contributed by atoms with Crippen LogP contribution < -0.4 is 4.72 Å². The minimum absolute atomic E-state index is 0.212. The van der Waals surface area contributed by atoms with Crippen LogP contribution in [0.4, 0.5) is 0 Å². The van der Waals surface area contributed by atoms with E-state index in [9.17, 15) is 13.2 Å². The number of H-pyrrole nitrogens is 1. The normalized spacial score (nSPS) is 14.2. The fraction of sp³-hybridized carbons (Fsp3) is 0.258. The minimum atomic E-state index is -3.98. The van der Waals surface area contributed by atoms with Crippen molar-refractivity contribution in [2.24, 2.45) is 0 Å². The summed E-state index contributed by atoms with van der Waals surface area (Å²) in [5.74, 6) is 5.68. The maximum atomic E-state index is 13.2. The third-order valence-electron chi connectivity index (χ3n) is 6.80. The van der Waals surface area contributed by atoms with Crippen molar-refractivity contribution < 1.29 is 22.7 Å². The Hall–Kier alpha value is -3.94. The molecule has 0 bridgehead atoms. The molecule has 0 saturated carbocycles. The molecule has 0 radical (unpaired) electrons. The summed E-state index contributed by atoms with van der Waals surface area (Å²) in [7, 11) is -1.26. The summed E-state index contributed by atoms with van der Waals surface area (Å²) in [4.78, 5) is 16.4. The monoisotopic (exact) mass is 557 g/mol. The Morgan fingerprint density at radius 2 is 1.82 bits per heavy atom. The zero-order valence-corrected chi connectivity index (χ0v) is 23.3. The molecule has 2 N–H and O–H groups in total. The lowest BCUT2D eigenvalue weighted by Gasteiger charge is -2.22. The summed E-state index contributed by atoms with van der Waals surface area (Å²) < 4.78 is 39.3. The van der Waals surface area contributed by atoms with Crippen LogP contribution in [0.3, 0.4) is 0 Å². The summed E-state index contributed by atoms with van der Waals surface area (Å²) >= 11 is 0. The Morgan fingerprint density at radius 3 is 2.58 bits per heavy atom. The van der Waals surface area contributed by atoms with Crippen molar-refractivity contribution >= 4 is 27.0 Å². The van der Waals surface area contributed by atoms with Crippen LogP contribution >= 0.6 is 0 Å². The zero-order chi connectivity index (χ0) is 28.1. The molecule has 40 heavy (non-hydrogen) atoms. The number of amides is 1. The molecule has 0 atom stereocenters. The summed E-state index contributed by atoms with van der Waals surface area (Å²) in [6, 6.07) is 20.8. The van der Waals surface area contributed by atoms with E-state index in [1.54, 1.807) is 12.1 Å². The van der Waals surface area contributed by atoms with Crippen LogP contribution in [0.15, 0.2) is 72.9 Å². The Morgan fingerprint density at radius 1 is 1.05 bits per heavy atom. The number of carbonyl (C=O) groups excluding carboxylic acids is 1. The van der Waals surface area contributed by atoms with Gasteiger partial charge in [-0.25, -0.2) is 4.72 Å². The summed E-state index contributed by atoms with van der Waals surface area (Å²) in [6.45, 7) is 2.03. The van der Waals surface area contributed by atoms with Gasteiger partial charge >= 0.3 is 10.2 Å². The molecule has 1 saturated heterocycles. The average Bonchev–Trinajstić information content (AvgIpc) is 3.43. The molecule has 4 aromatic rings.